The molecule has 5 heteroatoms. The topological polar surface area (TPSA) is 68.1 Å². The molecule has 4 nitrogen and oxygen atoms in total. The zero-order valence-electron chi connectivity index (χ0n) is 16.0. The first-order chi connectivity index (χ1) is 13.4. The predicted octanol–water partition coefficient (Wildman–Crippen LogP) is 5.33. The molecule has 3 aromatic rings. The van der Waals surface area contributed by atoms with Gasteiger partial charge in [-0.1, -0.05) is 30.7 Å². The number of aromatic nitrogens is 1. The summed E-state index contributed by atoms with van der Waals surface area (Å²) < 4.78 is 6.23. The van der Waals surface area contributed by atoms with Crippen molar-refractivity contribution in [2.24, 2.45) is 5.41 Å². The molecule has 1 aliphatic carbocycles. The molecule has 146 valence electrons. The number of anilines is 1. The minimum atomic E-state index is -0.137. The van der Waals surface area contributed by atoms with E-state index in [0.29, 0.717) is 16.2 Å². The highest BCUT2D eigenvalue weighted by Crippen LogP contribution is 2.41. The summed E-state index contributed by atoms with van der Waals surface area (Å²) in [5, 5.41) is 1.91. The number of H-pyrrole nitrogens is 1. The molecule has 0 saturated heterocycles. The molecule has 1 aliphatic rings. The Morgan fingerprint density at radius 1 is 1.18 bits per heavy atom. The van der Waals surface area contributed by atoms with E-state index in [1.807, 2.05) is 24.3 Å². The Balaban J connectivity index is 1.43. The third-order valence-electron chi connectivity index (χ3n) is 5.87. The summed E-state index contributed by atoms with van der Waals surface area (Å²) in [5.74, 6) is 0.659. The molecule has 0 amide bonds. The van der Waals surface area contributed by atoms with Crippen LogP contribution >= 0.6 is 11.6 Å². The number of nitrogen functional groups attached to an aromatic ring is 1. The second-order valence-electron chi connectivity index (χ2n) is 8.22. The maximum absolute atomic E-state index is 11.9. The number of ether oxygens (including phenoxy) is 1. The number of hydrogen-bond acceptors (Lipinski definition) is 3. The van der Waals surface area contributed by atoms with Gasteiger partial charge in [0.25, 0.3) is 5.56 Å². The van der Waals surface area contributed by atoms with Crippen LogP contribution in [0, 0.1) is 5.41 Å². The highest BCUT2D eigenvalue weighted by Gasteiger charge is 2.32. The Morgan fingerprint density at radius 3 is 2.61 bits per heavy atom. The van der Waals surface area contributed by atoms with Crippen LogP contribution in [0.2, 0.25) is 5.02 Å². The van der Waals surface area contributed by atoms with Crippen LogP contribution in [-0.2, 0) is 6.42 Å². The number of nitrogens with two attached hydrogens (primary N) is 1. The number of rotatable bonds is 4. The van der Waals surface area contributed by atoms with E-state index in [-0.39, 0.29) is 17.1 Å². The molecule has 1 heterocycles. The lowest BCUT2D eigenvalue weighted by molar-refractivity contribution is 0.0892. The summed E-state index contributed by atoms with van der Waals surface area (Å²) in [4.78, 5) is 14.6. The summed E-state index contributed by atoms with van der Waals surface area (Å²) in [6.07, 6.45) is 7.05. The molecule has 1 aromatic heterocycles. The SMILES string of the molecule is CC1(Cc2ccc(N)cc2)CCC(Oc2cc3cc[nH]c(=O)c3cc2Cl)CC1. The van der Waals surface area contributed by atoms with Crippen molar-refractivity contribution in [1.82, 2.24) is 4.98 Å². The maximum Gasteiger partial charge on any atom is 0.255 e. The second-order valence-corrected chi connectivity index (χ2v) is 8.63. The van der Waals surface area contributed by atoms with Crippen molar-refractivity contribution >= 4 is 28.1 Å². The van der Waals surface area contributed by atoms with E-state index in [2.05, 4.69) is 24.0 Å². The smallest absolute Gasteiger partial charge is 0.255 e. The van der Waals surface area contributed by atoms with Crippen molar-refractivity contribution in [3.05, 3.63) is 69.6 Å². The maximum atomic E-state index is 11.9. The van der Waals surface area contributed by atoms with Crippen molar-refractivity contribution in [2.75, 3.05) is 5.73 Å². The lowest BCUT2D eigenvalue weighted by atomic mass is 9.71. The first-order valence-electron chi connectivity index (χ1n) is 9.74. The average molecular weight is 397 g/mol. The van der Waals surface area contributed by atoms with Crippen LogP contribution < -0.4 is 16.0 Å². The number of nitrogens with one attached hydrogen (secondary N) is 1. The van der Waals surface area contributed by atoms with E-state index in [4.69, 9.17) is 22.1 Å². The van der Waals surface area contributed by atoms with Gasteiger partial charge in [-0.15, -0.1) is 0 Å². The van der Waals surface area contributed by atoms with Crippen LogP contribution in [0.1, 0.15) is 38.2 Å². The standard InChI is InChI=1S/C23H25ClN2O2/c1-23(14-15-2-4-17(25)5-3-15)9-6-18(7-10-23)28-21-12-16-8-11-26-22(27)19(16)13-20(21)24/h2-5,8,11-13,18H,6-7,9-10,14,25H2,1H3,(H,26,27). The van der Waals surface area contributed by atoms with Crippen molar-refractivity contribution < 1.29 is 4.74 Å². The second kappa shape index (κ2) is 7.51. The van der Waals surface area contributed by atoms with Gasteiger partial charge in [-0.25, -0.2) is 0 Å². The van der Waals surface area contributed by atoms with Crippen molar-refractivity contribution in [1.29, 1.82) is 0 Å². The molecular weight excluding hydrogens is 372 g/mol. The molecular formula is C23H25ClN2O2. The molecule has 0 unspecified atom stereocenters. The minimum Gasteiger partial charge on any atom is -0.489 e. The normalized spacial score (nSPS) is 22.3. The molecule has 4 rings (SSSR count). The van der Waals surface area contributed by atoms with Gasteiger partial charge >= 0.3 is 0 Å². The molecule has 1 fully saturated rings. The van der Waals surface area contributed by atoms with E-state index in [1.165, 1.54) is 5.56 Å². The third kappa shape index (κ3) is 4.02. The Morgan fingerprint density at radius 2 is 1.89 bits per heavy atom. The number of pyridine rings is 1. The average Bonchev–Trinajstić information content (AvgIpc) is 2.67. The van der Waals surface area contributed by atoms with E-state index in [9.17, 15) is 4.79 Å². The van der Waals surface area contributed by atoms with Gasteiger partial charge in [0.1, 0.15) is 5.75 Å². The van der Waals surface area contributed by atoms with Crippen LogP contribution in [0.15, 0.2) is 53.5 Å². The number of aromatic amines is 1. The van der Waals surface area contributed by atoms with E-state index < -0.39 is 0 Å². The van der Waals surface area contributed by atoms with Crippen LogP contribution in [0.5, 0.6) is 5.75 Å². The van der Waals surface area contributed by atoms with Crippen LogP contribution in [0.3, 0.4) is 0 Å². The van der Waals surface area contributed by atoms with Gasteiger partial charge in [-0.2, -0.15) is 0 Å². The van der Waals surface area contributed by atoms with Crippen LogP contribution in [0.25, 0.3) is 10.8 Å². The fourth-order valence-electron chi connectivity index (χ4n) is 4.17. The fraction of sp³-hybridized carbons (Fsp3) is 0.348. The zero-order chi connectivity index (χ0) is 19.7. The van der Waals surface area contributed by atoms with Gasteiger partial charge in [-0.3, -0.25) is 4.79 Å². The minimum absolute atomic E-state index is 0.137. The highest BCUT2D eigenvalue weighted by atomic mass is 35.5. The number of benzene rings is 2. The summed E-state index contributed by atoms with van der Waals surface area (Å²) >= 11 is 6.38. The zero-order valence-corrected chi connectivity index (χ0v) is 16.8. The summed E-state index contributed by atoms with van der Waals surface area (Å²) in [6, 6.07) is 13.6. The molecule has 0 spiro atoms. The van der Waals surface area contributed by atoms with E-state index in [1.54, 1.807) is 12.3 Å². The summed E-state index contributed by atoms with van der Waals surface area (Å²) in [5.41, 5.74) is 8.07. The monoisotopic (exact) mass is 396 g/mol. The molecule has 28 heavy (non-hydrogen) atoms. The van der Waals surface area contributed by atoms with E-state index in [0.717, 1.165) is 43.2 Å². The lowest BCUT2D eigenvalue weighted by Crippen LogP contribution is -2.32. The molecule has 0 aliphatic heterocycles. The van der Waals surface area contributed by atoms with Crippen molar-refractivity contribution in [3.63, 3.8) is 0 Å². The third-order valence-corrected chi connectivity index (χ3v) is 6.17. The first-order valence-corrected chi connectivity index (χ1v) is 10.1. The number of fused-ring (bicyclic) bond motifs is 1. The molecule has 0 radical (unpaired) electrons. The van der Waals surface area contributed by atoms with Gasteiger partial charge in [0.15, 0.2) is 0 Å². The molecule has 1 saturated carbocycles. The Bertz CT molecular complexity index is 1030. The van der Waals surface area contributed by atoms with E-state index >= 15 is 0 Å². The molecule has 0 bridgehead atoms. The predicted molar refractivity (Wildman–Crippen MR) is 115 cm³/mol. The van der Waals surface area contributed by atoms with Crippen molar-refractivity contribution in [2.45, 2.75) is 45.1 Å². The highest BCUT2D eigenvalue weighted by molar-refractivity contribution is 6.32. The van der Waals surface area contributed by atoms with Crippen molar-refractivity contribution in [3.8, 4) is 5.75 Å². The van der Waals surface area contributed by atoms with Gasteiger partial charge in [-0.05, 0) is 78.8 Å². The molecule has 2 aromatic carbocycles. The van der Waals surface area contributed by atoms with Crippen LogP contribution in [0.4, 0.5) is 5.69 Å². The largest absolute Gasteiger partial charge is 0.489 e. The van der Waals surface area contributed by atoms with Gasteiger partial charge in [0.05, 0.1) is 11.1 Å². The quantitative estimate of drug-likeness (QED) is 0.585. The first kappa shape index (κ1) is 18.9. The fourth-order valence-corrected chi connectivity index (χ4v) is 4.38. The number of hydrogen-bond donors (Lipinski definition) is 2. The van der Waals surface area contributed by atoms with Crippen LogP contribution in [-0.4, -0.2) is 11.1 Å². The lowest BCUT2D eigenvalue weighted by Gasteiger charge is -2.37. The molecule has 3 N–H and O–H groups in total. The molecule has 0 atom stereocenters. The van der Waals surface area contributed by atoms with Gasteiger partial charge < -0.3 is 15.5 Å². The Labute approximate surface area is 169 Å². The summed E-state index contributed by atoms with van der Waals surface area (Å²) in [7, 11) is 0. The van der Waals surface area contributed by atoms with Gasteiger partial charge in [0, 0.05) is 17.3 Å². The number of halogens is 1. The summed E-state index contributed by atoms with van der Waals surface area (Å²) in [6.45, 7) is 2.36. The Kier molecular flexibility index (Phi) is 5.07. The van der Waals surface area contributed by atoms with Gasteiger partial charge in [0.2, 0.25) is 0 Å². The Hall–Kier alpha value is -2.46.